The van der Waals surface area contributed by atoms with Crippen LogP contribution in [-0.2, 0) is 11.3 Å². The lowest BCUT2D eigenvalue weighted by Crippen LogP contribution is -2.46. The van der Waals surface area contributed by atoms with Crippen LogP contribution < -0.4 is 4.90 Å². The maximum Gasteiger partial charge on any atom is 0.356 e. The summed E-state index contributed by atoms with van der Waals surface area (Å²) in [4.78, 5) is 17.7. The molecular weight excluding hydrogens is 489 g/mol. The van der Waals surface area contributed by atoms with E-state index in [0.29, 0.717) is 29.4 Å². The summed E-state index contributed by atoms with van der Waals surface area (Å²) in [6.45, 7) is 2.24. The number of anilines is 1. The quantitative estimate of drug-likeness (QED) is 0.360. The zero-order valence-electron chi connectivity index (χ0n) is 21.0. The second kappa shape index (κ2) is 8.90. The van der Waals surface area contributed by atoms with Gasteiger partial charge >= 0.3 is 5.97 Å². The van der Waals surface area contributed by atoms with Gasteiger partial charge in [-0.05, 0) is 69.2 Å². The predicted octanol–water partition coefficient (Wildman–Crippen LogP) is 5.12. The Bertz CT molecular complexity index is 1510. The molecule has 10 heteroatoms. The van der Waals surface area contributed by atoms with E-state index >= 15 is 0 Å². The van der Waals surface area contributed by atoms with Gasteiger partial charge in [0, 0.05) is 29.1 Å². The number of aromatic carboxylic acids is 1. The summed E-state index contributed by atoms with van der Waals surface area (Å²) in [5.41, 5.74) is 3.24. The number of aromatic nitrogens is 4. The molecular formula is C28H28FN5O4. The van der Waals surface area contributed by atoms with Gasteiger partial charge in [0.05, 0.1) is 18.9 Å². The van der Waals surface area contributed by atoms with E-state index in [1.54, 1.807) is 10.6 Å². The second-order valence-corrected chi connectivity index (χ2v) is 10.7. The Morgan fingerprint density at radius 2 is 1.95 bits per heavy atom. The highest BCUT2D eigenvalue weighted by molar-refractivity contribution is 5.86. The standard InChI is InChI=1S/C28H28FN5O4/c1-15-3-2-4-21(29)25(15)26-20(27(38-32-26)16-5-6-16)14-37-19-11-17-7-8-18(12-19)34(17)24-10-9-23-30-22(28(35)36)13-33(23)31-24/h2-4,9-10,13,16-19H,5-8,11-12,14H2,1H3,(H,35,36)/t17-,18+,19?. The summed E-state index contributed by atoms with van der Waals surface area (Å²) in [5, 5.41) is 18.2. The van der Waals surface area contributed by atoms with Crippen LogP contribution in [0.5, 0.6) is 0 Å². The fraction of sp³-hybridized carbons (Fsp3) is 0.429. The molecule has 1 unspecified atom stereocenters. The summed E-state index contributed by atoms with van der Waals surface area (Å²) in [6, 6.07) is 9.36. The van der Waals surface area contributed by atoms with E-state index in [9.17, 15) is 14.3 Å². The van der Waals surface area contributed by atoms with Crippen LogP contribution in [0.1, 0.15) is 71.8 Å². The third-order valence-electron chi connectivity index (χ3n) is 8.17. The summed E-state index contributed by atoms with van der Waals surface area (Å²) < 4.78 is 28.6. The molecule has 0 spiro atoms. The molecule has 9 nitrogen and oxygen atoms in total. The summed E-state index contributed by atoms with van der Waals surface area (Å²) >= 11 is 0. The van der Waals surface area contributed by atoms with Gasteiger partial charge in [-0.25, -0.2) is 18.7 Å². The molecule has 2 bridgehead atoms. The third-order valence-corrected chi connectivity index (χ3v) is 8.17. The molecule has 3 fully saturated rings. The van der Waals surface area contributed by atoms with E-state index in [1.807, 2.05) is 25.1 Å². The van der Waals surface area contributed by atoms with E-state index in [2.05, 4.69) is 20.1 Å². The largest absolute Gasteiger partial charge is 0.476 e. The molecule has 1 aromatic carbocycles. The van der Waals surface area contributed by atoms with Crippen molar-refractivity contribution in [3.8, 4) is 11.3 Å². The molecule has 3 aromatic heterocycles. The number of carboxylic acids is 1. The first-order valence-electron chi connectivity index (χ1n) is 13.2. The monoisotopic (exact) mass is 517 g/mol. The van der Waals surface area contributed by atoms with Gasteiger partial charge in [0.2, 0.25) is 0 Å². The average Bonchev–Trinajstić information content (AvgIpc) is 3.41. The van der Waals surface area contributed by atoms with Crippen LogP contribution in [0.25, 0.3) is 16.9 Å². The molecule has 1 N–H and O–H groups in total. The highest BCUT2D eigenvalue weighted by Crippen LogP contribution is 2.45. The molecule has 3 aliphatic rings. The van der Waals surface area contributed by atoms with Crippen LogP contribution in [0, 0.1) is 12.7 Å². The number of ether oxygens (including phenoxy) is 1. The van der Waals surface area contributed by atoms with Crippen LogP contribution in [-0.4, -0.2) is 49.0 Å². The van der Waals surface area contributed by atoms with E-state index in [4.69, 9.17) is 9.26 Å². The number of aryl methyl sites for hydroxylation is 1. The maximum atomic E-state index is 14.8. The van der Waals surface area contributed by atoms with Crippen LogP contribution in [0.4, 0.5) is 10.2 Å². The number of halogens is 1. The first kappa shape index (κ1) is 23.3. The van der Waals surface area contributed by atoms with Crippen molar-refractivity contribution in [3.05, 3.63) is 64.9 Å². The van der Waals surface area contributed by atoms with Crippen molar-refractivity contribution in [3.63, 3.8) is 0 Å². The SMILES string of the molecule is Cc1cccc(F)c1-c1noc(C2CC2)c1COC1C[C@H]2CC[C@@H](C1)N2c1ccc2nc(C(=O)O)cn2n1. The normalized spacial score (nSPS) is 22.9. The Balaban J connectivity index is 1.10. The molecule has 3 atom stereocenters. The first-order chi connectivity index (χ1) is 18.5. The van der Waals surface area contributed by atoms with Crippen molar-refractivity contribution in [2.24, 2.45) is 0 Å². The number of fused-ring (bicyclic) bond motifs is 3. The first-order valence-corrected chi connectivity index (χ1v) is 13.2. The van der Waals surface area contributed by atoms with E-state index in [-0.39, 0.29) is 29.7 Å². The molecule has 5 heterocycles. The molecule has 1 aliphatic carbocycles. The second-order valence-electron chi connectivity index (χ2n) is 10.7. The fourth-order valence-corrected chi connectivity index (χ4v) is 6.21. The Morgan fingerprint density at radius 1 is 1.16 bits per heavy atom. The Morgan fingerprint density at radius 3 is 2.66 bits per heavy atom. The molecule has 0 radical (unpaired) electrons. The van der Waals surface area contributed by atoms with Crippen molar-refractivity contribution >= 4 is 17.4 Å². The van der Waals surface area contributed by atoms with Gasteiger partial charge in [0.15, 0.2) is 11.3 Å². The van der Waals surface area contributed by atoms with E-state index in [1.165, 1.54) is 12.3 Å². The van der Waals surface area contributed by atoms with E-state index in [0.717, 1.165) is 61.2 Å². The molecule has 196 valence electrons. The predicted molar refractivity (Wildman–Crippen MR) is 136 cm³/mol. The highest BCUT2D eigenvalue weighted by Gasteiger charge is 2.42. The number of imidazole rings is 1. The maximum absolute atomic E-state index is 14.8. The average molecular weight is 518 g/mol. The zero-order chi connectivity index (χ0) is 26.0. The molecule has 2 saturated heterocycles. The smallest absolute Gasteiger partial charge is 0.356 e. The minimum absolute atomic E-state index is 0.0195. The summed E-state index contributed by atoms with van der Waals surface area (Å²) in [6.07, 6.45) is 7.45. The Kier molecular flexibility index (Phi) is 5.47. The van der Waals surface area contributed by atoms with Gasteiger partial charge in [-0.1, -0.05) is 17.3 Å². The minimum Gasteiger partial charge on any atom is -0.476 e. The number of piperidine rings is 1. The number of hydrogen-bond donors (Lipinski definition) is 1. The van der Waals surface area contributed by atoms with Gasteiger partial charge in [-0.2, -0.15) is 0 Å². The Labute approximate surface area is 218 Å². The molecule has 0 amide bonds. The van der Waals surface area contributed by atoms with Crippen molar-refractivity contribution in [2.75, 3.05) is 4.90 Å². The van der Waals surface area contributed by atoms with Crippen molar-refractivity contribution in [2.45, 2.75) is 76.2 Å². The van der Waals surface area contributed by atoms with Gasteiger partial charge < -0.3 is 19.3 Å². The van der Waals surface area contributed by atoms with Crippen LogP contribution >= 0.6 is 0 Å². The van der Waals surface area contributed by atoms with Crippen LogP contribution in [0.2, 0.25) is 0 Å². The van der Waals surface area contributed by atoms with Crippen molar-refractivity contribution in [1.29, 1.82) is 0 Å². The number of rotatable bonds is 7. The Hall–Kier alpha value is -3.79. The van der Waals surface area contributed by atoms with Crippen LogP contribution in [0.15, 0.2) is 41.1 Å². The fourth-order valence-electron chi connectivity index (χ4n) is 6.21. The van der Waals surface area contributed by atoms with Crippen molar-refractivity contribution in [1.82, 2.24) is 19.8 Å². The lowest BCUT2D eigenvalue weighted by atomic mass is 9.98. The lowest BCUT2D eigenvalue weighted by molar-refractivity contribution is 0.0145. The number of carbonyl (C=O) groups is 1. The highest BCUT2D eigenvalue weighted by atomic mass is 19.1. The molecule has 4 aromatic rings. The lowest BCUT2D eigenvalue weighted by Gasteiger charge is -2.39. The number of nitrogens with zero attached hydrogens (tertiary/aromatic N) is 5. The molecule has 38 heavy (non-hydrogen) atoms. The van der Waals surface area contributed by atoms with Gasteiger partial charge in [-0.15, -0.1) is 5.10 Å². The number of hydrogen-bond acceptors (Lipinski definition) is 7. The summed E-state index contributed by atoms with van der Waals surface area (Å²) in [5.74, 6) is 0.629. The molecule has 1 saturated carbocycles. The molecule has 7 rings (SSSR count). The zero-order valence-corrected chi connectivity index (χ0v) is 21.0. The summed E-state index contributed by atoms with van der Waals surface area (Å²) in [7, 11) is 0. The minimum atomic E-state index is -1.07. The van der Waals surface area contributed by atoms with E-state index < -0.39 is 5.97 Å². The molecule has 2 aliphatic heterocycles. The van der Waals surface area contributed by atoms with Crippen molar-refractivity contribution < 1.29 is 23.6 Å². The third kappa shape index (κ3) is 3.94. The number of benzene rings is 1. The van der Waals surface area contributed by atoms with Gasteiger partial charge in [-0.3, -0.25) is 0 Å². The topological polar surface area (TPSA) is 106 Å². The van der Waals surface area contributed by atoms with Crippen LogP contribution in [0.3, 0.4) is 0 Å². The van der Waals surface area contributed by atoms with Gasteiger partial charge in [0.25, 0.3) is 0 Å². The van der Waals surface area contributed by atoms with Gasteiger partial charge in [0.1, 0.15) is 23.1 Å². The number of carboxylic acid groups (broad SMARTS) is 1.